The predicted molar refractivity (Wildman–Crippen MR) is 89.7 cm³/mol. The van der Waals surface area contributed by atoms with Gasteiger partial charge in [0.25, 0.3) is 0 Å². The Morgan fingerprint density at radius 1 is 0.880 bits per heavy atom. The van der Waals surface area contributed by atoms with E-state index in [1.54, 1.807) is 0 Å². The molecule has 0 radical (unpaired) electrons. The molecule has 0 aliphatic rings. The zero-order valence-corrected chi connectivity index (χ0v) is 14.8. The zero-order valence-electron chi connectivity index (χ0n) is 14.8. The monoisotopic (exact) mass is 360 g/mol. The van der Waals surface area contributed by atoms with Crippen LogP contribution in [0.25, 0.3) is 0 Å². The molecule has 0 aromatic heterocycles. The first kappa shape index (κ1) is 23.3. The molecule has 2 atom stereocenters. The van der Waals surface area contributed by atoms with Gasteiger partial charge in [-0.05, 0) is 0 Å². The summed E-state index contributed by atoms with van der Waals surface area (Å²) in [6.07, 6.45) is 0.172. The van der Waals surface area contributed by atoms with E-state index in [9.17, 15) is 19.8 Å². The fourth-order valence-electron chi connectivity index (χ4n) is 1.55. The number of ether oxygens (including phenoxy) is 4. The van der Waals surface area contributed by atoms with Crippen LogP contribution in [0.3, 0.4) is 0 Å². The molecule has 0 amide bonds. The average molecular weight is 360 g/mol. The molecule has 0 saturated heterocycles. The Hall–Kier alpha value is -1.74. The number of esters is 2. The maximum atomic E-state index is 10.9. The van der Waals surface area contributed by atoms with E-state index in [0.29, 0.717) is 13.2 Å². The summed E-state index contributed by atoms with van der Waals surface area (Å²) < 4.78 is 20.2. The molecule has 0 saturated carbocycles. The van der Waals surface area contributed by atoms with Crippen molar-refractivity contribution in [1.29, 1.82) is 0 Å². The van der Waals surface area contributed by atoms with Gasteiger partial charge in [-0.15, -0.1) is 0 Å². The standard InChI is InChI=1S/C17H28O8/c1-5-15(20)24-9-13(18)7-22-11-17(3,4)12-23-8-14(19)10-25-16(21)6-2/h5-6,13-14,18-19H,1-2,7-12H2,3-4H3. The molecular weight excluding hydrogens is 332 g/mol. The second kappa shape index (κ2) is 12.6. The van der Waals surface area contributed by atoms with Crippen molar-refractivity contribution >= 4 is 11.9 Å². The lowest BCUT2D eigenvalue weighted by atomic mass is 9.96. The molecule has 0 aromatic carbocycles. The largest absolute Gasteiger partial charge is 0.460 e. The predicted octanol–water partition coefficient (Wildman–Crippen LogP) is 0.226. The lowest BCUT2D eigenvalue weighted by molar-refractivity contribution is -0.142. The minimum atomic E-state index is -0.929. The average Bonchev–Trinajstić information content (AvgIpc) is 2.56. The van der Waals surface area contributed by atoms with Crippen LogP contribution in [0.5, 0.6) is 0 Å². The third-order valence-corrected chi connectivity index (χ3v) is 2.78. The van der Waals surface area contributed by atoms with Gasteiger partial charge in [0, 0.05) is 17.6 Å². The molecule has 0 aromatic rings. The summed E-state index contributed by atoms with van der Waals surface area (Å²) in [5.41, 5.74) is -0.366. The van der Waals surface area contributed by atoms with Crippen molar-refractivity contribution in [2.24, 2.45) is 5.41 Å². The molecule has 2 N–H and O–H groups in total. The third-order valence-electron chi connectivity index (χ3n) is 2.78. The van der Waals surface area contributed by atoms with Crippen LogP contribution in [0.15, 0.2) is 25.3 Å². The van der Waals surface area contributed by atoms with E-state index in [0.717, 1.165) is 12.2 Å². The van der Waals surface area contributed by atoms with E-state index >= 15 is 0 Å². The highest BCUT2D eigenvalue weighted by atomic mass is 16.6. The molecular formula is C17H28O8. The number of carbonyl (C=O) groups is 2. The van der Waals surface area contributed by atoms with Gasteiger partial charge in [0.2, 0.25) is 0 Å². The van der Waals surface area contributed by atoms with Crippen LogP contribution in [0.2, 0.25) is 0 Å². The summed E-state index contributed by atoms with van der Waals surface area (Å²) in [6.45, 7) is 10.5. The maximum absolute atomic E-state index is 10.9. The minimum Gasteiger partial charge on any atom is -0.460 e. The van der Waals surface area contributed by atoms with Crippen LogP contribution in [0.1, 0.15) is 13.8 Å². The second-order valence-corrected chi connectivity index (χ2v) is 6.17. The van der Waals surface area contributed by atoms with Gasteiger partial charge in [-0.25, -0.2) is 9.59 Å². The fraction of sp³-hybridized carbons (Fsp3) is 0.647. The van der Waals surface area contributed by atoms with Crippen molar-refractivity contribution in [2.45, 2.75) is 26.1 Å². The number of carbonyl (C=O) groups excluding carboxylic acids is 2. The lowest BCUT2D eigenvalue weighted by Gasteiger charge is -2.25. The Kier molecular flexibility index (Phi) is 11.7. The first-order chi connectivity index (χ1) is 11.7. The van der Waals surface area contributed by atoms with Crippen LogP contribution in [-0.4, -0.2) is 74.0 Å². The van der Waals surface area contributed by atoms with E-state index < -0.39 is 24.1 Å². The molecule has 2 unspecified atom stereocenters. The first-order valence-electron chi connectivity index (χ1n) is 7.80. The van der Waals surface area contributed by atoms with Gasteiger partial charge in [0.1, 0.15) is 25.4 Å². The van der Waals surface area contributed by atoms with Crippen molar-refractivity contribution in [3.05, 3.63) is 25.3 Å². The number of aliphatic hydroxyl groups is 2. The molecule has 0 aliphatic carbocycles. The van der Waals surface area contributed by atoms with Crippen LogP contribution in [0, 0.1) is 5.41 Å². The Morgan fingerprint density at radius 2 is 1.24 bits per heavy atom. The summed E-state index contributed by atoms with van der Waals surface area (Å²) >= 11 is 0. The minimum absolute atomic E-state index is 0.00792. The van der Waals surface area contributed by atoms with Gasteiger partial charge in [0.05, 0.1) is 26.4 Å². The smallest absolute Gasteiger partial charge is 0.330 e. The number of aliphatic hydroxyl groups excluding tert-OH is 2. The van der Waals surface area contributed by atoms with Crippen molar-refractivity contribution in [1.82, 2.24) is 0 Å². The molecule has 8 heteroatoms. The molecule has 0 rings (SSSR count). The van der Waals surface area contributed by atoms with Gasteiger partial charge in [-0.2, -0.15) is 0 Å². The van der Waals surface area contributed by atoms with Crippen LogP contribution in [0.4, 0.5) is 0 Å². The van der Waals surface area contributed by atoms with E-state index in [-0.39, 0.29) is 31.8 Å². The summed E-state index contributed by atoms with van der Waals surface area (Å²) in [6, 6.07) is 0. The Balaban J connectivity index is 3.85. The molecule has 0 fully saturated rings. The summed E-state index contributed by atoms with van der Waals surface area (Å²) in [7, 11) is 0. The third kappa shape index (κ3) is 13.2. The normalized spacial score (nSPS) is 13.6. The molecule has 0 bridgehead atoms. The van der Waals surface area contributed by atoms with Crippen molar-refractivity contribution in [3.63, 3.8) is 0 Å². The molecule has 8 nitrogen and oxygen atoms in total. The molecule has 144 valence electrons. The summed E-state index contributed by atoms with van der Waals surface area (Å²) in [4.78, 5) is 21.7. The van der Waals surface area contributed by atoms with E-state index in [1.165, 1.54) is 0 Å². The number of rotatable bonds is 14. The van der Waals surface area contributed by atoms with Crippen molar-refractivity contribution in [2.75, 3.05) is 39.6 Å². The maximum Gasteiger partial charge on any atom is 0.330 e. The van der Waals surface area contributed by atoms with Crippen molar-refractivity contribution < 1.29 is 38.7 Å². The van der Waals surface area contributed by atoms with Gasteiger partial charge < -0.3 is 29.2 Å². The SMILES string of the molecule is C=CC(=O)OCC(O)COCC(C)(C)COCC(O)COC(=O)C=C. The number of hydrogen-bond donors (Lipinski definition) is 2. The van der Waals surface area contributed by atoms with Crippen LogP contribution in [-0.2, 0) is 28.5 Å². The highest BCUT2D eigenvalue weighted by Crippen LogP contribution is 2.16. The van der Waals surface area contributed by atoms with Gasteiger partial charge in [-0.1, -0.05) is 27.0 Å². The van der Waals surface area contributed by atoms with Gasteiger partial charge in [-0.3, -0.25) is 0 Å². The zero-order chi connectivity index (χ0) is 19.3. The highest BCUT2D eigenvalue weighted by molar-refractivity contribution is 5.81. The van der Waals surface area contributed by atoms with Gasteiger partial charge >= 0.3 is 11.9 Å². The van der Waals surface area contributed by atoms with Gasteiger partial charge in [0.15, 0.2) is 0 Å². The van der Waals surface area contributed by atoms with Crippen LogP contribution >= 0.6 is 0 Å². The molecule has 0 heterocycles. The Bertz CT molecular complexity index is 394. The summed E-state index contributed by atoms with van der Waals surface area (Å²) in [5.74, 6) is -1.21. The molecule has 0 aliphatic heterocycles. The first-order valence-corrected chi connectivity index (χ1v) is 7.80. The van der Waals surface area contributed by atoms with Crippen molar-refractivity contribution in [3.8, 4) is 0 Å². The summed E-state index contributed by atoms with van der Waals surface area (Å²) in [5, 5.41) is 19.2. The quantitative estimate of drug-likeness (QED) is 0.334. The van der Waals surface area contributed by atoms with E-state index in [1.807, 2.05) is 13.8 Å². The molecule has 25 heavy (non-hydrogen) atoms. The van der Waals surface area contributed by atoms with E-state index in [2.05, 4.69) is 13.2 Å². The fourth-order valence-corrected chi connectivity index (χ4v) is 1.55. The Labute approximate surface area is 148 Å². The van der Waals surface area contributed by atoms with Crippen LogP contribution < -0.4 is 0 Å². The Morgan fingerprint density at radius 3 is 1.56 bits per heavy atom. The van der Waals surface area contributed by atoms with E-state index in [4.69, 9.17) is 18.9 Å². The lowest BCUT2D eigenvalue weighted by Crippen LogP contribution is -2.31. The second-order valence-electron chi connectivity index (χ2n) is 6.17. The highest BCUT2D eigenvalue weighted by Gasteiger charge is 2.20. The topological polar surface area (TPSA) is 112 Å². The number of hydrogen-bond acceptors (Lipinski definition) is 8. The molecule has 0 spiro atoms.